The molecule has 0 aromatic rings. The maximum Gasteiger partial charge on any atom is 0.127 e. The Morgan fingerprint density at radius 3 is 0.800 bits per heavy atom. The van der Waals surface area contributed by atoms with E-state index in [1.807, 2.05) is 0 Å². The summed E-state index contributed by atoms with van der Waals surface area (Å²) in [4.78, 5) is 2.50. The molecule has 1 nitrogen and oxygen atoms in total. The third-order valence-electron chi connectivity index (χ3n) is 1.79. The van der Waals surface area contributed by atoms with Gasteiger partial charge in [-0.05, 0) is 41.5 Å². The summed E-state index contributed by atoms with van der Waals surface area (Å²) in [7, 11) is 0. The summed E-state index contributed by atoms with van der Waals surface area (Å²) in [5.41, 5.74) is 0. The Morgan fingerprint density at radius 1 is 0.600 bits per heavy atom. The van der Waals surface area contributed by atoms with Crippen molar-refractivity contribution in [2.45, 2.75) is 59.7 Å². The fraction of sp³-hybridized carbons (Fsp3) is 1.00. The molecular formula is C9H21N+. The van der Waals surface area contributed by atoms with Crippen molar-refractivity contribution in [2.75, 3.05) is 0 Å². The van der Waals surface area contributed by atoms with Crippen LogP contribution in [0.25, 0.3) is 0 Å². The van der Waals surface area contributed by atoms with Crippen molar-refractivity contribution >= 4 is 0 Å². The first-order chi connectivity index (χ1) is 4.46. The molecule has 0 amide bonds. The molecule has 1 heteroatoms. The van der Waals surface area contributed by atoms with Gasteiger partial charge in [-0.3, -0.25) is 0 Å². The largest absolute Gasteiger partial charge is 0.164 e. The van der Waals surface area contributed by atoms with Gasteiger partial charge < -0.3 is 0 Å². The van der Waals surface area contributed by atoms with Crippen LogP contribution >= 0.6 is 0 Å². The second kappa shape index (κ2) is 3.97. The molecule has 0 aliphatic heterocycles. The topological polar surface area (TPSA) is 5.90 Å². The monoisotopic (exact) mass is 143 g/mol. The highest BCUT2D eigenvalue weighted by Crippen LogP contribution is 2.05. The van der Waals surface area contributed by atoms with E-state index in [1.165, 1.54) is 0 Å². The van der Waals surface area contributed by atoms with Crippen molar-refractivity contribution in [3.63, 3.8) is 0 Å². The first-order valence-electron chi connectivity index (χ1n) is 4.24. The molecular weight excluding hydrogens is 122 g/mol. The summed E-state index contributed by atoms with van der Waals surface area (Å²) in [5.74, 6) is 0. The third kappa shape index (κ3) is 2.70. The molecule has 0 bridgehead atoms. The average Bonchev–Trinajstić information content (AvgIpc) is 1.59. The van der Waals surface area contributed by atoms with Crippen molar-refractivity contribution in [1.82, 2.24) is 4.90 Å². The summed E-state index contributed by atoms with van der Waals surface area (Å²) in [6.45, 7) is 13.5. The van der Waals surface area contributed by atoms with E-state index < -0.39 is 0 Å². The minimum Gasteiger partial charge on any atom is -0.164 e. The van der Waals surface area contributed by atoms with E-state index in [2.05, 4.69) is 46.4 Å². The minimum atomic E-state index is 0.667. The van der Waals surface area contributed by atoms with Crippen LogP contribution in [0, 0.1) is 0 Å². The highest BCUT2D eigenvalue weighted by molar-refractivity contribution is 4.76. The van der Waals surface area contributed by atoms with Gasteiger partial charge in [0.25, 0.3) is 0 Å². The summed E-state index contributed by atoms with van der Waals surface area (Å²) in [6, 6.07) is 2.00. The van der Waals surface area contributed by atoms with Crippen LogP contribution in [0.2, 0.25) is 0 Å². The Hall–Kier alpha value is -0.0400. The van der Waals surface area contributed by atoms with Gasteiger partial charge in [0.2, 0.25) is 0 Å². The third-order valence-corrected chi connectivity index (χ3v) is 1.79. The number of rotatable bonds is 3. The SMILES string of the molecule is CC(C)[N+](C(C)C)C(C)C. The van der Waals surface area contributed by atoms with Gasteiger partial charge >= 0.3 is 0 Å². The summed E-state index contributed by atoms with van der Waals surface area (Å²) >= 11 is 0. The molecule has 10 heavy (non-hydrogen) atoms. The number of nitrogens with zero attached hydrogens (tertiary/aromatic N) is 1. The molecule has 0 rings (SSSR count). The lowest BCUT2D eigenvalue weighted by atomic mass is 10.2. The second-order valence-corrected chi connectivity index (χ2v) is 3.73. The van der Waals surface area contributed by atoms with Gasteiger partial charge in [0, 0.05) is 0 Å². The number of hydrogen-bond donors (Lipinski definition) is 0. The zero-order valence-electron chi connectivity index (χ0n) is 8.18. The van der Waals surface area contributed by atoms with E-state index in [0.29, 0.717) is 18.1 Å². The molecule has 0 fully saturated rings. The fourth-order valence-corrected chi connectivity index (χ4v) is 1.79. The Balaban J connectivity index is 3.98. The summed E-state index contributed by atoms with van der Waals surface area (Å²) in [5, 5.41) is 0. The van der Waals surface area contributed by atoms with E-state index in [1.54, 1.807) is 0 Å². The van der Waals surface area contributed by atoms with Crippen molar-refractivity contribution < 1.29 is 0 Å². The smallest absolute Gasteiger partial charge is 0.127 e. The lowest BCUT2D eigenvalue weighted by molar-refractivity contribution is 0.252. The van der Waals surface area contributed by atoms with Crippen molar-refractivity contribution in [2.24, 2.45) is 0 Å². The molecule has 0 atom stereocenters. The van der Waals surface area contributed by atoms with Gasteiger partial charge in [0.05, 0.1) is 0 Å². The molecule has 1 radical (unpaired) electrons. The summed E-state index contributed by atoms with van der Waals surface area (Å²) in [6.07, 6.45) is 0. The first-order valence-corrected chi connectivity index (χ1v) is 4.24. The minimum absolute atomic E-state index is 0.667. The molecule has 0 aliphatic carbocycles. The standard InChI is InChI=1S/C9H21N/c1-7(2)10(8(3)4)9(5)6/h7-9H,1-6H3/q+1. The molecule has 61 valence electrons. The normalized spacial score (nSPS) is 12.6. The zero-order chi connectivity index (χ0) is 8.31. The molecule has 0 unspecified atom stereocenters. The second-order valence-electron chi connectivity index (χ2n) is 3.73. The van der Waals surface area contributed by atoms with Crippen LogP contribution in [0.15, 0.2) is 0 Å². The van der Waals surface area contributed by atoms with E-state index in [9.17, 15) is 0 Å². The van der Waals surface area contributed by atoms with Gasteiger partial charge in [-0.25, -0.2) is 0 Å². The Morgan fingerprint density at radius 2 is 0.800 bits per heavy atom. The van der Waals surface area contributed by atoms with Crippen molar-refractivity contribution in [1.29, 1.82) is 0 Å². The summed E-state index contributed by atoms with van der Waals surface area (Å²) < 4.78 is 0. The quantitative estimate of drug-likeness (QED) is 0.535. The molecule has 0 saturated carbocycles. The van der Waals surface area contributed by atoms with Crippen molar-refractivity contribution in [3.8, 4) is 0 Å². The van der Waals surface area contributed by atoms with Gasteiger partial charge in [0.15, 0.2) is 0 Å². The average molecular weight is 143 g/mol. The van der Waals surface area contributed by atoms with E-state index >= 15 is 0 Å². The molecule has 0 spiro atoms. The maximum atomic E-state index is 2.50. The maximum absolute atomic E-state index is 2.50. The van der Waals surface area contributed by atoms with Crippen LogP contribution in [0.3, 0.4) is 0 Å². The molecule has 0 aromatic heterocycles. The predicted octanol–water partition coefficient (Wildman–Crippen LogP) is 2.35. The van der Waals surface area contributed by atoms with Crippen LogP contribution in [-0.2, 0) is 0 Å². The van der Waals surface area contributed by atoms with E-state index in [4.69, 9.17) is 0 Å². The van der Waals surface area contributed by atoms with Gasteiger partial charge in [0.1, 0.15) is 18.1 Å². The van der Waals surface area contributed by atoms with Crippen LogP contribution in [0.5, 0.6) is 0 Å². The molecule has 0 heterocycles. The Bertz CT molecular complexity index is 65.7. The highest BCUT2D eigenvalue weighted by atomic mass is 15.2. The molecule has 0 aliphatic rings. The van der Waals surface area contributed by atoms with Gasteiger partial charge in [-0.2, -0.15) is 4.90 Å². The van der Waals surface area contributed by atoms with Crippen LogP contribution in [-0.4, -0.2) is 18.1 Å². The first kappa shape index (κ1) is 9.96. The molecule has 0 saturated heterocycles. The van der Waals surface area contributed by atoms with Crippen LogP contribution < -0.4 is 4.90 Å². The molecule has 0 N–H and O–H groups in total. The fourth-order valence-electron chi connectivity index (χ4n) is 1.79. The van der Waals surface area contributed by atoms with Crippen molar-refractivity contribution in [3.05, 3.63) is 0 Å². The number of hydrogen-bond acceptors (Lipinski definition) is 1. The van der Waals surface area contributed by atoms with E-state index in [-0.39, 0.29) is 0 Å². The van der Waals surface area contributed by atoms with Crippen LogP contribution in [0.1, 0.15) is 41.5 Å². The van der Waals surface area contributed by atoms with Gasteiger partial charge in [-0.1, -0.05) is 0 Å². The van der Waals surface area contributed by atoms with Gasteiger partial charge in [-0.15, -0.1) is 0 Å². The van der Waals surface area contributed by atoms with E-state index in [0.717, 1.165) is 0 Å². The zero-order valence-corrected chi connectivity index (χ0v) is 8.18. The Labute approximate surface area is 65.4 Å². The molecule has 0 aromatic carbocycles. The predicted molar refractivity (Wildman–Crippen MR) is 47.5 cm³/mol. The van der Waals surface area contributed by atoms with Crippen LogP contribution in [0.4, 0.5) is 0 Å². The highest BCUT2D eigenvalue weighted by Gasteiger charge is 2.26. The lowest BCUT2D eigenvalue weighted by Gasteiger charge is -2.23. The Kier molecular flexibility index (Phi) is 3.95. The lowest BCUT2D eigenvalue weighted by Crippen LogP contribution is -2.47.